The van der Waals surface area contributed by atoms with Crippen molar-refractivity contribution in [3.8, 4) is 5.75 Å². The van der Waals surface area contributed by atoms with Crippen LogP contribution >= 0.6 is 0 Å². The van der Waals surface area contributed by atoms with Crippen LogP contribution in [-0.4, -0.2) is 12.6 Å². The number of nitrogens with two attached hydrogens (primary N) is 1. The fraction of sp³-hybridized carbons (Fsp3) is 0.500. The Morgan fingerprint density at radius 1 is 1.25 bits per heavy atom. The lowest BCUT2D eigenvalue weighted by Gasteiger charge is -2.18. The molecule has 1 aromatic carbocycles. The van der Waals surface area contributed by atoms with Gasteiger partial charge in [-0.1, -0.05) is 6.92 Å². The van der Waals surface area contributed by atoms with Gasteiger partial charge >= 0.3 is 0 Å². The minimum atomic E-state index is -0.677. The molecule has 0 amide bonds. The predicted molar refractivity (Wildman–Crippen MR) is 59.6 cm³/mol. The van der Waals surface area contributed by atoms with E-state index in [9.17, 15) is 8.78 Å². The highest BCUT2D eigenvalue weighted by Gasteiger charge is 2.17. The molecule has 1 rings (SSSR count). The van der Waals surface area contributed by atoms with Crippen LogP contribution in [0.4, 0.5) is 8.78 Å². The maximum Gasteiger partial charge on any atom is 0.168 e. The third-order valence-electron chi connectivity index (χ3n) is 2.28. The SMILES string of the molecule is CC(C)Oc1c(F)cc(F)cc1C(C)CN. The van der Waals surface area contributed by atoms with E-state index in [0.29, 0.717) is 12.1 Å². The zero-order valence-electron chi connectivity index (χ0n) is 9.76. The van der Waals surface area contributed by atoms with Gasteiger partial charge in [0, 0.05) is 11.6 Å². The van der Waals surface area contributed by atoms with Crippen LogP contribution in [0.3, 0.4) is 0 Å². The molecule has 1 atom stereocenters. The first kappa shape index (κ1) is 12.9. The Morgan fingerprint density at radius 2 is 1.88 bits per heavy atom. The molecule has 0 saturated heterocycles. The maximum absolute atomic E-state index is 13.6. The van der Waals surface area contributed by atoms with E-state index in [1.54, 1.807) is 20.8 Å². The molecule has 0 aromatic heterocycles. The number of hydrogen-bond donors (Lipinski definition) is 1. The molecule has 0 aliphatic rings. The third kappa shape index (κ3) is 2.92. The van der Waals surface area contributed by atoms with Gasteiger partial charge in [0.25, 0.3) is 0 Å². The Labute approximate surface area is 94.4 Å². The fourth-order valence-corrected chi connectivity index (χ4v) is 1.43. The maximum atomic E-state index is 13.6. The largest absolute Gasteiger partial charge is 0.488 e. The van der Waals surface area contributed by atoms with Gasteiger partial charge in [-0.3, -0.25) is 0 Å². The summed E-state index contributed by atoms with van der Waals surface area (Å²) in [4.78, 5) is 0. The van der Waals surface area contributed by atoms with Crippen LogP contribution < -0.4 is 10.5 Å². The number of rotatable bonds is 4. The molecule has 0 heterocycles. The summed E-state index contributed by atoms with van der Waals surface area (Å²) >= 11 is 0. The Balaban J connectivity index is 3.20. The van der Waals surface area contributed by atoms with E-state index in [-0.39, 0.29) is 17.8 Å². The van der Waals surface area contributed by atoms with Crippen molar-refractivity contribution in [2.45, 2.75) is 32.8 Å². The van der Waals surface area contributed by atoms with Crippen LogP contribution in [0.15, 0.2) is 12.1 Å². The Kier molecular flexibility index (Phi) is 4.24. The molecular weight excluding hydrogens is 212 g/mol. The highest BCUT2D eigenvalue weighted by molar-refractivity contribution is 5.38. The quantitative estimate of drug-likeness (QED) is 0.861. The average Bonchev–Trinajstić information content (AvgIpc) is 2.20. The zero-order chi connectivity index (χ0) is 12.3. The van der Waals surface area contributed by atoms with Gasteiger partial charge in [-0.2, -0.15) is 0 Å². The molecule has 0 spiro atoms. The van der Waals surface area contributed by atoms with E-state index >= 15 is 0 Å². The van der Waals surface area contributed by atoms with Gasteiger partial charge in [-0.25, -0.2) is 8.78 Å². The summed E-state index contributed by atoms with van der Waals surface area (Å²) in [6.45, 7) is 5.71. The van der Waals surface area contributed by atoms with Crippen molar-refractivity contribution in [3.05, 3.63) is 29.3 Å². The van der Waals surface area contributed by atoms with E-state index in [0.717, 1.165) is 6.07 Å². The number of halogens is 2. The summed E-state index contributed by atoms with van der Waals surface area (Å²) in [6, 6.07) is 2.10. The zero-order valence-corrected chi connectivity index (χ0v) is 9.76. The minimum Gasteiger partial charge on any atom is -0.488 e. The number of benzene rings is 1. The molecule has 0 radical (unpaired) electrons. The first-order valence-electron chi connectivity index (χ1n) is 5.31. The third-order valence-corrected chi connectivity index (χ3v) is 2.28. The molecule has 90 valence electrons. The molecule has 0 saturated carbocycles. The van der Waals surface area contributed by atoms with Crippen LogP contribution in [0, 0.1) is 11.6 Å². The minimum absolute atomic E-state index is 0.106. The van der Waals surface area contributed by atoms with Gasteiger partial charge in [0.15, 0.2) is 11.6 Å². The monoisotopic (exact) mass is 229 g/mol. The Hall–Kier alpha value is -1.16. The van der Waals surface area contributed by atoms with Gasteiger partial charge in [-0.05, 0) is 32.4 Å². The van der Waals surface area contributed by atoms with Gasteiger partial charge < -0.3 is 10.5 Å². The first-order chi connectivity index (χ1) is 7.45. The second-order valence-electron chi connectivity index (χ2n) is 4.11. The Morgan fingerprint density at radius 3 is 2.38 bits per heavy atom. The highest BCUT2D eigenvalue weighted by Crippen LogP contribution is 2.30. The molecule has 2 N–H and O–H groups in total. The Bertz CT molecular complexity index is 366. The van der Waals surface area contributed by atoms with Crippen molar-refractivity contribution in [3.63, 3.8) is 0 Å². The highest BCUT2D eigenvalue weighted by atomic mass is 19.1. The van der Waals surface area contributed by atoms with Crippen LogP contribution in [0.5, 0.6) is 5.75 Å². The summed E-state index contributed by atoms with van der Waals surface area (Å²) < 4.78 is 32.0. The molecule has 0 fully saturated rings. The summed E-state index contributed by atoms with van der Waals surface area (Å²) in [5, 5.41) is 0. The summed E-state index contributed by atoms with van der Waals surface area (Å²) in [5.74, 6) is -1.32. The topological polar surface area (TPSA) is 35.2 Å². The van der Waals surface area contributed by atoms with Gasteiger partial charge in [-0.15, -0.1) is 0 Å². The number of ether oxygens (including phenoxy) is 1. The van der Waals surface area contributed by atoms with E-state index in [2.05, 4.69) is 0 Å². The van der Waals surface area contributed by atoms with Gasteiger partial charge in [0.1, 0.15) is 5.82 Å². The molecule has 0 aliphatic heterocycles. The predicted octanol–water partition coefficient (Wildman–Crippen LogP) is 2.81. The van der Waals surface area contributed by atoms with Crippen molar-refractivity contribution in [1.82, 2.24) is 0 Å². The van der Waals surface area contributed by atoms with E-state index < -0.39 is 11.6 Å². The second-order valence-corrected chi connectivity index (χ2v) is 4.11. The molecule has 0 bridgehead atoms. The van der Waals surface area contributed by atoms with Crippen molar-refractivity contribution in [2.75, 3.05) is 6.54 Å². The van der Waals surface area contributed by atoms with Crippen molar-refractivity contribution >= 4 is 0 Å². The normalized spacial score (nSPS) is 12.9. The smallest absolute Gasteiger partial charge is 0.168 e. The molecule has 0 aliphatic carbocycles. The lowest BCUT2D eigenvalue weighted by molar-refractivity contribution is 0.227. The van der Waals surface area contributed by atoms with Crippen LogP contribution in [0.2, 0.25) is 0 Å². The van der Waals surface area contributed by atoms with Gasteiger partial charge in [0.05, 0.1) is 6.10 Å². The molecule has 2 nitrogen and oxygen atoms in total. The summed E-state index contributed by atoms with van der Waals surface area (Å²) in [6.07, 6.45) is -0.163. The van der Waals surface area contributed by atoms with E-state index in [4.69, 9.17) is 10.5 Å². The second kappa shape index (κ2) is 5.25. The molecule has 16 heavy (non-hydrogen) atoms. The molecule has 1 unspecified atom stereocenters. The first-order valence-corrected chi connectivity index (χ1v) is 5.31. The molecule has 4 heteroatoms. The molecular formula is C12H17F2NO. The summed E-state index contributed by atoms with van der Waals surface area (Å²) in [5.41, 5.74) is 5.98. The lowest BCUT2D eigenvalue weighted by Crippen LogP contribution is -2.14. The van der Waals surface area contributed by atoms with Crippen LogP contribution in [-0.2, 0) is 0 Å². The summed E-state index contributed by atoms with van der Waals surface area (Å²) in [7, 11) is 0. The fourth-order valence-electron chi connectivity index (χ4n) is 1.43. The van der Waals surface area contributed by atoms with Crippen molar-refractivity contribution in [1.29, 1.82) is 0 Å². The van der Waals surface area contributed by atoms with Crippen molar-refractivity contribution in [2.24, 2.45) is 5.73 Å². The van der Waals surface area contributed by atoms with Crippen molar-refractivity contribution < 1.29 is 13.5 Å². The van der Waals surface area contributed by atoms with E-state index in [1.165, 1.54) is 6.07 Å². The number of hydrogen-bond acceptors (Lipinski definition) is 2. The average molecular weight is 229 g/mol. The standard InChI is InChI=1S/C12H17F2NO/c1-7(2)16-12-10(8(3)6-15)4-9(13)5-11(12)14/h4-5,7-8H,6,15H2,1-3H3. The molecule has 1 aromatic rings. The van der Waals surface area contributed by atoms with Gasteiger partial charge in [0.2, 0.25) is 0 Å². The van der Waals surface area contributed by atoms with Crippen LogP contribution in [0.1, 0.15) is 32.3 Å². The van der Waals surface area contributed by atoms with Crippen LogP contribution in [0.25, 0.3) is 0 Å². The lowest BCUT2D eigenvalue weighted by atomic mass is 10.00. The van der Waals surface area contributed by atoms with E-state index in [1.807, 2.05) is 0 Å².